The Bertz CT molecular complexity index is 139. The average Bonchev–Trinajstić information content (AvgIpc) is 2.59. The first-order chi connectivity index (χ1) is 5.58. The van der Waals surface area contributed by atoms with E-state index < -0.39 is 0 Å². The van der Waals surface area contributed by atoms with Crippen molar-refractivity contribution < 1.29 is 0 Å². The summed E-state index contributed by atoms with van der Waals surface area (Å²) >= 11 is 0. The molecule has 0 heteroatoms. The fourth-order valence-electron chi connectivity index (χ4n) is 2.05. The largest absolute Gasteiger partial charge is 0.0651 e. The fraction of sp³-hybridized carbons (Fsp3) is 1.00. The Kier molecular flexibility index (Phi) is 3.20. The molecule has 72 valence electrons. The predicted molar refractivity (Wildman–Crippen MR) is 55.2 cm³/mol. The lowest BCUT2D eigenvalue weighted by Crippen LogP contribution is -1.99. The lowest BCUT2D eigenvalue weighted by molar-refractivity contribution is 0.405. The first kappa shape index (κ1) is 10.1. The Morgan fingerprint density at radius 2 is 2.08 bits per heavy atom. The van der Waals surface area contributed by atoms with Crippen LogP contribution in [0.4, 0.5) is 0 Å². The second-order valence-corrected chi connectivity index (χ2v) is 5.16. The molecule has 3 unspecified atom stereocenters. The van der Waals surface area contributed by atoms with E-state index in [0.717, 1.165) is 17.3 Å². The molecular weight excluding hydrogens is 144 g/mol. The summed E-state index contributed by atoms with van der Waals surface area (Å²) in [5.74, 6) is 1.96. The van der Waals surface area contributed by atoms with Crippen molar-refractivity contribution in [2.75, 3.05) is 0 Å². The van der Waals surface area contributed by atoms with Crippen molar-refractivity contribution in [1.29, 1.82) is 0 Å². The molecule has 1 aliphatic carbocycles. The zero-order chi connectivity index (χ0) is 9.19. The van der Waals surface area contributed by atoms with Crippen LogP contribution in [0.1, 0.15) is 59.8 Å². The molecule has 0 spiro atoms. The molecule has 0 amide bonds. The van der Waals surface area contributed by atoms with Gasteiger partial charge in [-0.1, -0.05) is 47.0 Å². The summed E-state index contributed by atoms with van der Waals surface area (Å²) in [5, 5.41) is 0. The van der Waals surface area contributed by atoms with Gasteiger partial charge in [0.05, 0.1) is 0 Å². The topological polar surface area (TPSA) is 0 Å². The Morgan fingerprint density at radius 3 is 2.50 bits per heavy atom. The van der Waals surface area contributed by atoms with Crippen LogP contribution in [0.2, 0.25) is 0 Å². The van der Waals surface area contributed by atoms with E-state index in [9.17, 15) is 0 Å². The number of hydrogen-bond acceptors (Lipinski definition) is 0. The molecule has 0 aliphatic heterocycles. The van der Waals surface area contributed by atoms with Gasteiger partial charge < -0.3 is 0 Å². The van der Waals surface area contributed by atoms with Gasteiger partial charge in [0.1, 0.15) is 0 Å². The zero-order valence-electron chi connectivity index (χ0n) is 9.19. The minimum absolute atomic E-state index is 0.744. The van der Waals surface area contributed by atoms with Gasteiger partial charge in [-0.3, -0.25) is 0 Å². The van der Waals surface area contributed by atoms with Gasteiger partial charge in [0.25, 0.3) is 0 Å². The number of rotatable bonds is 5. The van der Waals surface area contributed by atoms with E-state index in [1.807, 2.05) is 0 Å². The van der Waals surface area contributed by atoms with Crippen molar-refractivity contribution in [3.63, 3.8) is 0 Å². The highest BCUT2D eigenvalue weighted by molar-refractivity contribution is 4.95. The molecule has 1 rings (SSSR count). The fourth-order valence-corrected chi connectivity index (χ4v) is 2.05. The van der Waals surface area contributed by atoms with E-state index in [4.69, 9.17) is 0 Å². The highest BCUT2D eigenvalue weighted by Crippen LogP contribution is 2.55. The molecule has 0 aromatic rings. The molecule has 12 heavy (non-hydrogen) atoms. The molecule has 0 heterocycles. The molecule has 0 saturated heterocycles. The molecule has 0 bridgehead atoms. The molecule has 0 radical (unpaired) electrons. The van der Waals surface area contributed by atoms with Crippen molar-refractivity contribution in [3.8, 4) is 0 Å². The Morgan fingerprint density at radius 1 is 1.50 bits per heavy atom. The van der Waals surface area contributed by atoms with Gasteiger partial charge in [-0.05, 0) is 30.1 Å². The summed E-state index contributed by atoms with van der Waals surface area (Å²) in [6.07, 6.45) is 7.20. The Hall–Kier alpha value is 0. The second-order valence-electron chi connectivity index (χ2n) is 5.16. The molecule has 1 aliphatic rings. The van der Waals surface area contributed by atoms with E-state index in [0.29, 0.717) is 0 Å². The molecule has 0 nitrogen and oxygen atoms in total. The van der Waals surface area contributed by atoms with Crippen LogP contribution in [0, 0.1) is 17.3 Å². The summed E-state index contributed by atoms with van der Waals surface area (Å²) in [4.78, 5) is 0. The first-order valence-corrected chi connectivity index (χ1v) is 5.58. The normalized spacial score (nSPS) is 36.5. The Labute approximate surface area is 77.7 Å². The lowest BCUT2D eigenvalue weighted by atomic mass is 9.94. The van der Waals surface area contributed by atoms with Gasteiger partial charge in [-0.15, -0.1) is 0 Å². The first-order valence-electron chi connectivity index (χ1n) is 5.58. The maximum absolute atomic E-state index is 2.45. The third-order valence-electron chi connectivity index (χ3n) is 3.94. The molecule has 1 saturated carbocycles. The Balaban J connectivity index is 2.03. The van der Waals surface area contributed by atoms with Crippen molar-refractivity contribution in [2.24, 2.45) is 17.3 Å². The van der Waals surface area contributed by atoms with Crippen LogP contribution in [-0.2, 0) is 0 Å². The van der Waals surface area contributed by atoms with Crippen LogP contribution in [0.5, 0.6) is 0 Å². The minimum atomic E-state index is 0.744. The maximum atomic E-state index is 2.45. The maximum Gasteiger partial charge on any atom is -0.0297 e. The van der Waals surface area contributed by atoms with Crippen LogP contribution in [0.15, 0.2) is 0 Å². The van der Waals surface area contributed by atoms with Crippen molar-refractivity contribution in [1.82, 2.24) is 0 Å². The zero-order valence-corrected chi connectivity index (χ0v) is 9.19. The summed E-state index contributed by atoms with van der Waals surface area (Å²) in [5.41, 5.74) is 0.744. The van der Waals surface area contributed by atoms with Gasteiger partial charge in [0.15, 0.2) is 0 Å². The second kappa shape index (κ2) is 3.81. The molecule has 0 aromatic heterocycles. The smallest absolute Gasteiger partial charge is 0.0297 e. The van der Waals surface area contributed by atoms with E-state index in [2.05, 4.69) is 27.7 Å². The van der Waals surface area contributed by atoms with Crippen molar-refractivity contribution in [2.45, 2.75) is 59.8 Å². The third kappa shape index (κ3) is 2.50. The van der Waals surface area contributed by atoms with E-state index in [1.54, 1.807) is 0 Å². The van der Waals surface area contributed by atoms with Gasteiger partial charge in [-0.2, -0.15) is 0 Å². The van der Waals surface area contributed by atoms with E-state index >= 15 is 0 Å². The van der Waals surface area contributed by atoms with Crippen LogP contribution in [0.3, 0.4) is 0 Å². The van der Waals surface area contributed by atoms with E-state index in [1.165, 1.54) is 32.1 Å². The average molecular weight is 168 g/mol. The standard InChI is InChI=1S/C12H24/c1-5-10(2)7-6-8-12(4)9-11(12)3/h10-11H,5-9H2,1-4H3. The quantitative estimate of drug-likeness (QED) is 0.575. The summed E-state index contributed by atoms with van der Waals surface area (Å²) < 4.78 is 0. The highest BCUT2D eigenvalue weighted by Gasteiger charge is 2.45. The van der Waals surface area contributed by atoms with Crippen LogP contribution in [-0.4, -0.2) is 0 Å². The summed E-state index contributed by atoms with van der Waals surface area (Å²) in [6, 6.07) is 0. The monoisotopic (exact) mass is 168 g/mol. The van der Waals surface area contributed by atoms with Crippen LogP contribution >= 0.6 is 0 Å². The lowest BCUT2D eigenvalue weighted by Gasteiger charge is -2.12. The van der Waals surface area contributed by atoms with Crippen LogP contribution < -0.4 is 0 Å². The van der Waals surface area contributed by atoms with Gasteiger partial charge in [-0.25, -0.2) is 0 Å². The van der Waals surface area contributed by atoms with Crippen LogP contribution in [0.25, 0.3) is 0 Å². The van der Waals surface area contributed by atoms with Crippen molar-refractivity contribution in [3.05, 3.63) is 0 Å². The molecule has 0 aromatic carbocycles. The summed E-state index contributed by atoms with van der Waals surface area (Å²) in [7, 11) is 0. The highest BCUT2D eigenvalue weighted by atomic mass is 14.5. The predicted octanol–water partition coefficient (Wildman–Crippen LogP) is 4.25. The molecule has 1 fully saturated rings. The van der Waals surface area contributed by atoms with Gasteiger partial charge >= 0.3 is 0 Å². The molecule has 3 atom stereocenters. The minimum Gasteiger partial charge on any atom is -0.0651 e. The molecular formula is C12H24. The van der Waals surface area contributed by atoms with Gasteiger partial charge in [0.2, 0.25) is 0 Å². The SMILES string of the molecule is CCC(C)CCCC1(C)CC1C. The number of hydrogen-bond donors (Lipinski definition) is 0. The summed E-state index contributed by atoms with van der Waals surface area (Å²) in [6.45, 7) is 9.52. The van der Waals surface area contributed by atoms with Gasteiger partial charge in [0, 0.05) is 0 Å². The van der Waals surface area contributed by atoms with E-state index in [-0.39, 0.29) is 0 Å². The third-order valence-corrected chi connectivity index (χ3v) is 3.94. The molecule has 0 N–H and O–H groups in total. The van der Waals surface area contributed by atoms with Crippen molar-refractivity contribution >= 4 is 0 Å².